The number of aromatic nitrogens is 3. The van der Waals surface area contributed by atoms with Gasteiger partial charge in [-0.15, -0.1) is 0 Å². The summed E-state index contributed by atoms with van der Waals surface area (Å²) in [7, 11) is 0. The lowest BCUT2D eigenvalue weighted by molar-refractivity contribution is 0.0703. The molecule has 1 saturated heterocycles. The van der Waals surface area contributed by atoms with E-state index in [-0.39, 0.29) is 22.9 Å². The number of nitrogens with zero attached hydrogens (tertiary/aromatic N) is 2. The highest BCUT2D eigenvalue weighted by Gasteiger charge is 2.29. The van der Waals surface area contributed by atoms with Crippen LogP contribution in [0.3, 0.4) is 0 Å². The van der Waals surface area contributed by atoms with Gasteiger partial charge in [0, 0.05) is 30.4 Å². The summed E-state index contributed by atoms with van der Waals surface area (Å²) in [6, 6.07) is 1.81. The zero-order chi connectivity index (χ0) is 16.7. The highest BCUT2D eigenvalue weighted by atomic mass is 16.2. The first kappa shape index (κ1) is 15.2. The Hall–Kier alpha value is -2.37. The minimum atomic E-state index is -0.250. The van der Waals surface area contributed by atoms with Gasteiger partial charge in [0.1, 0.15) is 5.56 Å². The van der Waals surface area contributed by atoms with Gasteiger partial charge in [0.05, 0.1) is 6.20 Å². The lowest BCUT2D eigenvalue weighted by Gasteiger charge is -2.32. The van der Waals surface area contributed by atoms with Crippen molar-refractivity contribution in [3.8, 4) is 0 Å². The van der Waals surface area contributed by atoms with Gasteiger partial charge in [-0.2, -0.15) is 5.10 Å². The van der Waals surface area contributed by atoms with Crippen molar-refractivity contribution in [3.05, 3.63) is 50.7 Å². The zero-order valence-electron chi connectivity index (χ0n) is 13.9. The number of pyridine rings is 1. The summed E-state index contributed by atoms with van der Waals surface area (Å²) < 4.78 is 0. The van der Waals surface area contributed by atoms with Crippen molar-refractivity contribution in [2.75, 3.05) is 13.1 Å². The maximum atomic E-state index is 12.9. The first-order chi connectivity index (χ1) is 11.6. The average molecular weight is 326 g/mol. The van der Waals surface area contributed by atoms with Crippen LogP contribution >= 0.6 is 0 Å². The summed E-state index contributed by atoms with van der Waals surface area (Å²) in [5.74, 6) is 0.117. The minimum absolute atomic E-state index is 0.146. The molecule has 2 N–H and O–H groups in total. The number of carbonyl (C=O) groups is 1. The summed E-state index contributed by atoms with van der Waals surface area (Å²) in [6.07, 6.45) is 6.70. The fourth-order valence-electron chi connectivity index (χ4n) is 4.01. The number of hydrogen-bond donors (Lipinski definition) is 2. The Labute approximate surface area is 140 Å². The smallest absolute Gasteiger partial charge is 0.261 e. The third-order valence-electron chi connectivity index (χ3n) is 5.30. The third-order valence-corrected chi connectivity index (χ3v) is 5.30. The van der Waals surface area contributed by atoms with Gasteiger partial charge in [-0.05, 0) is 56.2 Å². The number of nitrogens with one attached hydrogen (secondary N) is 2. The number of carbonyl (C=O) groups excluding carboxylic acids is 1. The van der Waals surface area contributed by atoms with Crippen LogP contribution in [0.1, 0.15) is 58.1 Å². The number of piperidine rings is 1. The maximum absolute atomic E-state index is 12.9. The number of hydrogen-bond acceptors (Lipinski definition) is 3. The van der Waals surface area contributed by atoms with Gasteiger partial charge in [-0.25, -0.2) is 0 Å². The molecule has 1 fully saturated rings. The zero-order valence-corrected chi connectivity index (χ0v) is 13.9. The predicted molar refractivity (Wildman–Crippen MR) is 90.3 cm³/mol. The molecule has 1 amide bonds. The summed E-state index contributed by atoms with van der Waals surface area (Å²) in [5.41, 5.74) is 4.40. The molecule has 126 valence electrons. The van der Waals surface area contributed by atoms with E-state index in [1.165, 1.54) is 0 Å². The van der Waals surface area contributed by atoms with E-state index >= 15 is 0 Å². The summed E-state index contributed by atoms with van der Waals surface area (Å²) in [5, 5.41) is 7.16. The van der Waals surface area contributed by atoms with Crippen LogP contribution in [-0.4, -0.2) is 39.1 Å². The van der Waals surface area contributed by atoms with Crippen LogP contribution < -0.4 is 5.56 Å². The Balaban J connectivity index is 1.58. The molecule has 3 heterocycles. The largest absolute Gasteiger partial charge is 0.338 e. The Kier molecular flexibility index (Phi) is 3.75. The van der Waals surface area contributed by atoms with Crippen LogP contribution in [0.5, 0.6) is 0 Å². The summed E-state index contributed by atoms with van der Waals surface area (Å²) >= 11 is 0. The summed E-state index contributed by atoms with van der Waals surface area (Å²) in [4.78, 5) is 29.9. The molecular weight excluding hydrogens is 304 g/mol. The first-order valence-corrected chi connectivity index (χ1v) is 8.67. The van der Waals surface area contributed by atoms with Crippen LogP contribution in [0.15, 0.2) is 17.1 Å². The van der Waals surface area contributed by atoms with Gasteiger partial charge >= 0.3 is 0 Å². The molecule has 1 aliphatic heterocycles. The van der Waals surface area contributed by atoms with E-state index in [1.54, 1.807) is 0 Å². The van der Waals surface area contributed by atoms with Crippen molar-refractivity contribution in [2.45, 2.75) is 44.9 Å². The van der Waals surface area contributed by atoms with E-state index in [0.29, 0.717) is 13.1 Å². The second-order valence-corrected chi connectivity index (χ2v) is 6.93. The summed E-state index contributed by atoms with van der Waals surface area (Å²) in [6.45, 7) is 3.38. The van der Waals surface area contributed by atoms with Crippen molar-refractivity contribution in [1.82, 2.24) is 20.1 Å². The molecule has 1 atom stereocenters. The minimum Gasteiger partial charge on any atom is -0.338 e. The van der Waals surface area contributed by atoms with Crippen LogP contribution in [0.4, 0.5) is 0 Å². The number of fused-ring (bicyclic) bond motifs is 1. The van der Waals surface area contributed by atoms with E-state index in [0.717, 1.165) is 54.6 Å². The van der Waals surface area contributed by atoms with E-state index in [2.05, 4.69) is 15.2 Å². The third kappa shape index (κ3) is 2.56. The van der Waals surface area contributed by atoms with E-state index in [1.807, 2.05) is 24.1 Å². The number of likely N-dealkylation sites (tertiary alicyclic amines) is 1. The highest BCUT2D eigenvalue weighted by molar-refractivity contribution is 5.94. The molecule has 6 heteroatoms. The van der Waals surface area contributed by atoms with Crippen molar-refractivity contribution in [3.63, 3.8) is 0 Å². The quantitative estimate of drug-likeness (QED) is 0.884. The standard InChI is InChI=1S/C18H22N4O2/c1-11-9-19-21-16(11)13-5-3-7-22(10-13)18(24)14-8-12-4-2-6-15(12)20-17(14)23/h8-9,13H,2-7,10H2,1H3,(H,19,21)(H,20,23). The molecule has 4 rings (SSSR count). The molecule has 0 radical (unpaired) electrons. The fourth-order valence-corrected chi connectivity index (χ4v) is 4.01. The van der Waals surface area contributed by atoms with E-state index < -0.39 is 0 Å². The molecule has 2 aromatic rings. The molecular formula is C18H22N4O2. The highest BCUT2D eigenvalue weighted by Crippen LogP contribution is 2.28. The van der Waals surface area contributed by atoms with Gasteiger partial charge in [0.25, 0.3) is 11.5 Å². The number of aryl methyl sites for hydroxylation is 3. The fraction of sp³-hybridized carbons (Fsp3) is 0.500. The van der Waals surface area contributed by atoms with Gasteiger partial charge in [0.2, 0.25) is 0 Å². The maximum Gasteiger partial charge on any atom is 0.261 e. The molecule has 2 aromatic heterocycles. The van der Waals surface area contributed by atoms with Crippen LogP contribution in [-0.2, 0) is 12.8 Å². The Morgan fingerprint density at radius 2 is 2.21 bits per heavy atom. The molecule has 0 aromatic carbocycles. The molecule has 1 aliphatic carbocycles. The van der Waals surface area contributed by atoms with Gasteiger partial charge in [0.15, 0.2) is 0 Å². The van der Waals surface area contributed by atoms with Crippen molar-refractivity contribution < 1.29 is 4.79 Å². The Bertz CT molecular complexity index is 836. The molecule has 1 unspecified atom stereocenters. The second kappa shape index (κ2) is 5.92. The van der Waals surface area contributed by atoms with Gasteiger partial charge in [-0.3, -0.25) is 14.7 Å². The molecule has 6 nitrogen and oxygen atoms in total. The number of amides is 1. The normalized spacial score (nSPS) is 20.2. The Morgan fingerprint density at radius 1 is 1.33 bits per heavy atom. The van der Waals surface area contributed by atoms with E-state index in [4.69, 9.17) is 0 Å². The van der Waals surface area contributed by atoms with E-state index in [9.17, 15) is 9.59 Å². The lowest BCUT2D eigenvalue weighted by atomic mass is 9.92. The van der Waals surface area contributed by atoms with Crippen LogP contribution in [0, 0.1) is 6.92 Å². The molecule has 0 spiro atoms. The van der Waals surface area contributed by atoms with Gasteiger partial charge in [-0.1, -0.05) is 0 Å². The first-order valence-electron chi connectivity index (χ1n) is 8.67. The lowest BCUT2D eigenvalue weighted by Crippen LogP contribution is -2.41. The van der Waals surface area contributed by atoms with Crippen molar-refractivity contribution >= 4 is 5.91 Å². The monoisotopic (exact) mass is 326 g/mol. The number of rotatable bonds is 2. The molecule has 24 heavy (non-hydrogen) atoms. The second-order valence-electron chi connectivity index (χ2n) is 6.93. The SMILES string of the molecule is Cc1cn[nH]c1C1CCCN(C(=O)c2cc3c([nH]c2=O)CCC3)C1. The van der Waals surface area contributed by atoms with Crippen molar-refractivity contribution in [2.24, 2.45) is 0 Å². The number of H-pyrrole nitrogens is 2. The van der Waals surface area contributed by atoms with Gasteiger partial charge < -0.3 is 9.88 Å². The average Bonchev–Trinajstić information content (AvgIpc) is 3.21. The molecule has 2 aliphatic rings. The predicted octanol–water partition coefficient (Wildman–Crippen LogP) is 1.91. The Morgan fingerprint density at radius 3 is 3.00 bits per heavy atom. The van der Waals surface area contributed by atoms with Crippen LogP contribution in [0.2, 0.25) is 0 Å². The molecule has 0 saturated carbocycles. The van der Waals surface area contributed by atoms with Crippen molar-refractivity contribution in [1.29, 1.82) is 0 Å². The number of aromatic amines is 2. The molecule has 0 bridgehead atoms. The topological polar surface area (TPSA) is 81.8 Å². The van der Waals surface area contributed by atoms with Crippen LogP contribution in [0.25, 0.3) is 0 Å².